The maximum absolute atomic E-state index is 16.6. The van der Waals surface area contributed by atoms with Gasteiger partial charge in [-0.2, -0.15) is 0 Å². The van der Waals surface area contributed by atoms with E-state index in [-0.39, 0.29) is 11.9 Å². The van der Waals surface area contributed by atoms with Gasteiger partial charge in [-0.15, -0.1) is 0 Å². The Balaban J connectivity index is 1.94. The SMILES string of the molecule is CCCCOC(=O)N1CCN(c2ncnc3c(F)[c]([Sn]([CH2]CCC)([CH2]CCC)[CH2]CCC)c(Cl)cc23)CC1. The van der Waals surface area contributed by atoms with Gasteiger partial charge in [0.1, 0.15) is 0 Å². The van der Waals surface area contributed by atoms with Crippen LogP contribution in [0.4, 0.5) is 15.0 Å². The van der Waals surface area contributed by atoms with Crippen molar-refractivity contribution < 1.29 is 13.9 Å². The molecule has 2 aromatic rings. The predicted molar refractivity (Wildman–Crippen MR) is 159 cm³/mol. The van der Waals surface area contributed by atoms with Gasteiger partial charge < -0.3 is 0 Å². The van der Waals surface area contributed by atoms with Crippen LogP contribution in [-0.2, 0) is 4.74 Å². The first kappa shape index (κ1) is 31.2. The molecule has 0 atom stereocenters. The number of hydrogen-bond acceptors (Lipinski definition) is 5. The van der Waals surface area contributed by atoms with Crippen LogP contribution < -0.4 is 8.48 Å². The molecular weight excluding hydrogens is 610 g/mol. The number of anilines is 1. The van der Waals surface area contributed by atoms with Gasteiger partial charge in [0.15, 0.2) is 0 Å². The number of carbonyl (C=O) groups is 1. The summed E-state index contributed by atoms with van der Waals surface area (Å²) in [4.78, 5) is 25.2. The molecule has 9 heteroatoms. The number of aromatic nitrogens is 2. The van der Waals surface area contributed by atoms with E-state index in [4.69, 9.17) is 16.3 Å². The molecule has 2 heterocycles. The number of unbranched alkanes of at least 4 members (excludes halogenated alkanes) is 4. The summed E-state index contributed by atoms with van der Waals surface area (Å²) < 4.78 is 26.2. The second kappa shape index (κ2) is 15.4. The summed E-state index contributed by atoms with van der Waals surface area (Å²) in [5, 5.41) is 1.24. The fourth-order valence-corrected chi connectivity index (χ4v) is 23.6. The average Bonchev–Trinajstić information content (AvgIpc) is 2.93. The number of halogens is 2. The van der Waals surface area contributed by atoms with E-state index >= 15 is 4.39 Å². The molecule has 0 bridgehead atoms. The molecule has 0 saturated carbocycles. The molecule has 1 aliphatic heterocycles. The molecular formula is C29H46ClFN4O2Sn. The van der Waals surface area contributed by atoms with Crippen LogP contribution in [0, 0.1) is 5.82 Å². The fourth-order valence-electron chi connectivity index (χ4n) is 5.65. The molecule has 0 N–H and O–H groups in total. The number of rotatable bonds is 14. The van der Waals surface area contributed by atoms with Crippen molar-refractivity contribution >= 4 is 56.4 Å². The van der Waals surface area contributed by atoms with Gasteiger partial charge >= 0.3 is 219 Å². The number of nitrogens with zero attached hydrogens (tertiary/aromatic N) is 4. The van der Waals surface area contributed by atoms with Gasteiger partial charge in [0.2, 0.25) is 0 Å². The molecule has 1 aliphatic rings. The Morgan fingerprint density at radius 1 is 0.947 bits per heavy atom. The van der Waals surface area contributed by atoms with Gasteiger partial charge in [-0.1, -0.05) is 13.3 Å². The summed E-state index contributed by atoms with van der Waals surface area (Å²) in [6, 6.07) is 1.94. The molecule has 0 radical (unpaired) electrons. The van der Waals surface area contributed by atoms with Gasteiger partial charge in [-0.25, -0.2) is 0 Å². The molecule has 1 amide bonds. The molecule has 6 nitrogen and oxygen atoms in total. The Morgan fingerprint density at radius 2 is 1.53 bits per heavy atom. The molecule has 1 fully saturated rings. The zero-order valence-electron chi connectivity index (χ0n) is 23.8. The van der Waals surface area contributed by atoms with Gasteiger partial charge in [-0.3, -0.25) is 0 Å². The van der Waals surface area contributed by atoms with E-state index in [1.165, 1.54) is 6.33 Å². The summed E-state index contributed by atoms with van der Waals surface area (Å²) in [7, 11) is 0. The first-order chi connectivity index (χ1) is 18.4. The minimum absolute atomic E-state index is 0.201. The van der Waals surface area contributed by atoms with Crippen LogP contribution >= 0.6 is 11.6 Å². The molecule has 1 aromatic heterocycles. The number of benzene rings is 1. The third kappa shape index (κ3) is 7.43. The number of fused-ring (bicyclic) bond motifs is 1. The van der Waals surface area contributed by atoms with Crippen LogP contribution in [0.5, 0.6) is 0 Å². The first-order valence-corrected chi connectivity index (χ1v) is 22.6. The topological polar surface area (TPSA) is 58.6 Å². The van der Waals surface area contributed by atoms with Crippen molar-refractivity contribution in [3.8, 4) is 0 Å². The maximum atomic E-state index is 16.6. The Bertz CT molecular complexity index is 1030. The van der Waals surface area contributed by atoms with Gasteiger partial charge in [0, 0.05) is 0 Å². The normalized spacial score (nSPS) is 14.4. The Hall–Kier alpha value is -1.35. The van der Waals surface area contributed by atoms with E-state index in [1.807, 2.05) is 6.07 Å². The number of ether oxygens (including phenoxy) is 1. The second-order valence-corrected chi connectivity index (χ2v) is 24.1. The van der Waals surface area contributed by atoms with Crippen LogP contribution in [0.25, 0.3) is 10.9 Å². The van der Waals surface area contributed by atoms with E-state index in [2.05, 4.69) is 42.6 Å². The minimum atomic E-state index is -3.14. The van der Waals surface area contributed by atoms with E-state index in [0.717, 1.165) is 68.3 Å². The molecule has 3 rings (SSSR count). The molecule has 212 valence electrons. The van der Waals surface area contributed by atoms with Crippen molar-refractivity contribution in [2.24, 2.45) is 0 Å². The second-order valence-electron chi connectivity index (χ2n) is 10.7. The van der Waals surface area contributed by atoms with Gasteiger partial charge in [0.25, 0.3) is 0 Å². The molecule has 38 heavy (non-hydrogen) atoms. The standard InChI is InChI=1S/C17H19ClFN4O2.3C4H9.Sn/c1-2-3-8-25-17(24)23-6-4-22(5-7-23)16-13-9-12(18)10-14(19)15(13)20-11-21-16;3*1-3-4-2;/h9,11H,2-8H2,1H3;3*1,3-4H2,2H3;. The Morgan fingerprint density at radius 3 is 2.08 bits per heavy atom. The zero-order chi connectivity index (χ0) is 27.5. The number of carbonyl (C=O) groups excluding carboxylic acids is 1. The number of amides is 1. The molecule has 0 unspecified atom stereocenters. The van der Waals surface area contributed by atoms with Gasteiger partial charge in [0.05, 0.1) is 0 Å². The van der Waals surface area contributed by atoms with E-state index in [9.17, 15) is 4.79 Å². The van der Waals surface area contributed by atoms with Crippen molar-refractivity contribution in [3.63, 3.8) is 0 Å². The summed E-state index contributed by atoms with van der Waals surface area (Å²) in [5.41, 5.74) is 0.390. The van der Waals surface area contributed by atoms with Crippen molar-refractivity contribution in [3.05, 3.63) is 23.2 Å². The first-order valence-electron chi connectivity index (χ1n) is 14.7. The van der Waals surface area contributed by atoms with Gasteiger partial charge in [-0.05, 0) is 6.42 Å². The molecule has 0 aliphatic carbocycles. The third-order valence-electron chi connectivity index (χ3n) is 7.92. The average molecular weight is 656 g/mol. The van der Waals surface area contributed by atoms with E-state index < -0.39 is 18.4 Å². The fraction of sp³-hybridized carbons (Fsp3) is 0.690. The van der Waals surface area contributed by atoms with Crippen LogP contribution in [0.3, 0.4) is 0 Å². The summed E-state index contributed by atoms with van der Waals surface area (Å²) in [6.45, 7) is 11.5. The summed E-state index contributed by atoms with van der Waals surface area (Å²) >= 11 is 3.90. The summed E-state index contributed by atoms with van der Waals surface area (Å²) in [6.07, 6.45) is 9.84. The molecule has 1 saturated heterocycles. The van der Waals surface area contributed by atoms with Crippen molar-refractivity contribution in [1.82, 2.24) is 14.9 Å². The van der Waals surface area contributed by atoms with Crippen LogP contribution in [-0.4, -0.2) is 72.1 Å². The predicted octanol–water partition coefficient (Wildman–Crippen LogP) is 7.54. The molecule has 0 spiro atoms. The zero-order valence-corrected chi connectivity index (χ0v) is 27.4. The van der Waals surface area contributed by atoms with Crippen LogP contribution in [0.1, 0.15) is 79.1 Å². The van der Waals surface area contributed by atoms with Crippen molar-refractivity contribution in [2.45, 2.75) is 92.4 Å². The monoisotopic (exact) mass is 656 g/mol. The third-order valence-corrected chi connectivity index (χ3v) is 24.3. The Labute approximate surface area is 237 Å². The van der Waals surface area contributed by atoms with Crippen molar-refractivity contribution in [1.29, 1.82) is 0 Å². The summed E-state index contributed by atoms with van der Waals surface area (Å²) in [5.74, 6) is 0.492. The number of piperazine rings is 1. The van der Waals surface area contributed by atoms with Crippen molar-refractivity contribution in [2.75, 3.05) is 37.7 Å². The quantitative estimate of drug-likeness (QED) is 0.156. The Kier molecular flexibility index (Phi) is 12.7. The molecule has 1 aromatic carbocycles. The van der Waals surface area contributed by atoms with Crippen LogP contribution in [0.2, 0.25) is 18.3 Å². The number of hydrogen-bond donors (Lipinski definition) is 0. The van der Waals surface area contributed by atoms with E-state index in [0.29, 0.717) is 54.5 Å². The van der Waals surface area contributed by atoms with Crippen LogP contribution in [0.15, 0.2) is 12.4 Å². The van der Waals surface area contributed by atoms with E-state index in [1.54, 1.807) is 4.90 Å².